The van der Waals surface area contributed by atoms with Crippen molar-refractivity contribution in [1.29, 1.82) is 0 Å². The maximum Gasteiger partial charge on any atom is 0.176 e. The van der Waals surface area contributed by atoms with Crippen LogP contribution in [0.3, 0.4) is 0 Å². The molecule has 0 spiro atoms. The molecule has 3 nitrogen and oxygen atoms in total. The molecule has 0 N–H and O–H groups in total. The van der Waals surface area contributed by atoms with E-state index in [1.54, 1.807) is 0 Å². The van der Waals surface area contributed by atoms with Gasteiger partial charge in [-0.2, -0.15) is 0 Å². The van der Waals surface area contributed by atoms with Crippen LogP contribution in [-0.4, -0.2) is 36.3 Å². The average molecular weight is 228 g/mol. The smallest absolute Gasteiger partial charge is 0.176 e. The topological polar surface area (TPSA) is 33.2 Å². The van der Waals surface area contributed by atoms with Gasteiger partial charge in [0.25, 0.3) is 0 Å². The molecule has 1 aromatic carbocycles. The molecule has 2 aromatic rings. The van der Waals surface area contributed by atoms with Crippen molar-refractivity contribution in [3.05, 3.63) is 41.6 Å². The van der Waals surface area contributed by atoms with E-state index in [-0.39, 0.29) is 5.78 Å². The van der Waals surface area contributed by atoms with Gasteiger partial charge in [0.1, 0.15) is 0 Å². The van der Waals surface area contributed by atoms with Crippen LogP contribution in [0.25, 0.3) is 10.9 Å². The first-order valence-electron chi connectivity index (χ1n) is 5.61. The molecule has 0 amide bonds. The van der Waals surface area contributed by atoms with Crippen LogP contribution in [0, 0.1) is 6.92 Å². The van der Waals surface area contributed by atoms with Crippen molar-refractivity contribution in [2.24, 2.45) is 0 Å². The molecule has 0 saturated carbocycles. The zero-order valence-corrected chi connectivity index (χ0v) is 10.4. The van der Waals surface area contributed by atoms with E-state index in [1.165, 1.54) is 0 Å². The second kappa shape index (κ2) is 4.63. The van der Waals surface area contributed by atoms with Crippen molar-refractivity contribution in [2.75, 3.05) is 20.6 Å². The molecule has 0 unspecified atom stereocenters. The first-order valence-corrected chi connectivity index (χ1v) is 5.61. The van der Waals surface area contributed by atoms with Gasteiger partial charge in [0.15, 0.2) is 5.78 Å². The van der Waals surface area contributed by atoms with Crippen molar-refractivity contribution in [1.82, 2.24) is 9.88 Å². The van der Waals surface area contributed by atoms with E-state index in [1.807, 2.05) is 56.3 Å². The van der Waals surface area contributed by atoms with Gasteiger partial charge in [0, 0.05) is 16.6 Å². The number of likely N-dealkylation sites (N-methyl/N-ethyl adjacent to an activating group) is 1. The van der Waals surface area contributed by atoms with Gasteiger partial charge in [-0.15, -0.1) is 0 Å². The fraction of sp³-hybridized carbons (Fsp3) is 0.286. The summed E-state index contributed by atoms with van der Waals surface area (Å²) in [6.07, 6.45) is 0. The summed E-state index contributed by atoms with van der Waals surface area (Å²) in [5.41, 5.74) is 2.67. The summed E-state index contributed by atoms with van der Waals surface area (Å²) >= 11 is 0. The largest absolute Gasteiger partial charge is 0.302 e. The van der Waals surface area contributed by atoms with Crippen LogP contribution in [-0.2, 0) is 0 Å². The highest BCUT2D eigenvalue weighted by Crippen LogP contribution is 2.15. The summed E-state index contributed by atoms with van der Waals surface area (Å²) in [4.78, 5) is 18.2. The Morgan fingerprint density at radius 2 is 2.00 bits per heavy atom. The molecule has 0 aliphatic heterocycles. The number of pyridine rings is 1. The van der Waals surface area contributed by atoms with Crippen LogP contribution in [0.4, 0.5) is 0 Å². The van der Waals surface area contributed by atoms with Crippen LogP contribution in [0.5, 0.6) is 0 Å². The molecule has 0 fully saturated rings. The van der Waals surface area contributed by atoms with E-state index in [0.29, 0.717) is 6.54 Å². The Balaban J connectivity index is 2.38. The minimum atomic E-state index is 0.137. The number of Topliss-reactive ketones (excluding diaryl/α,β-unsaturated/α-hetero) is 1. The Bertz CT molecular complexity index is 561. The number of aryl methyl sites for hydroxylation is 1. The highest BCUT2D eigenvalue weighted by Gasteiger charge is 2.07. The Hall–Kier alpha value is -1.74. The third-order valence-electron chi connectivity index (χ3n) is 2.61. The Labute approximate surface area is 101 Å². The molecule has 3 heteroatoms. The molecule has 0 radical (unpaired) electrons. The minimum Gasteiger partial charge on any atom is -0.302 e. The maximum atomic E-state index is 11.9. The lowest BCUT2D eigenvalue weighted by Crippen LogP contribution is -2.21. The predicted molar refractivity (Wildman–Crippen MR) is 69.4 cm³/mol. The van der Waals surface area contributed by atoms with Gasteiger partial charge in [-0.1, -0.05) is 6.07 Å². The normalized spacial score (nSPS) is 11.1. The number of ketones is 1. The number of benzene rings is 1. The number of aromatic nitrogens is 1. The van der Waals surface area contributed by atoms with E-state index in [9.17, 15) is 4.79 Å². The molecule has 1 heterocycles. The molecule has 0 bridgehead atoms. The van der Waals surface area contributed by atoms with Crippen LogP contribution in [0.15, 0.2) is 30.3 Å². The van der Waals surface area contributed by atoms with Gasteiger partial charge in [0.05, 0.1) is 12.1 Å². The van der Waals surface area contributed by atoms with E-state index in [0.717, 1.165) is 22.2 Å². The van der Waals surface area contributed by atoms with Crippen molar-refractivity contribution in [3.63, 3.8) is 0 Å². The lowest BCUT2D eigenvalue weighted by molar-refractivity contribution is 0.0958. The monoisotopic (exact) mass is 228 g/mol. The number of carbonyl (C=O) groups excluding carboxylic acids is 1. The van der Waals surface area contributed by atoms with Gasteiger partial charge in [-0.25, -0.2) is 0 Å². The zero-order chi connectivity index (χ0) is 12.4. The predicted octanol–water partition coefficient (Wildman–Crippen LogP) is 2.29. The lowest BCUT2D eigenvalue weighted by atomic mass is 10.1. The van der Waals surface area contributed by atoms with E-state index in [2.05, 4.69) is 4.98 Å². The summed E-state index contributed by atoms with van der Waals surface area (Å²) in [7, 11) is 3.79. The van der Waals surface area contributed by atoms with Crippen LogP contribution in [0.1, 0.15) is 16.1 Å². The summed E-state index contributed by atoms with van der Waals surface area (Å²) in [6, 6.07) is 9.63. The number of fused-ring (bicyclic) bond motifs is 1. The van der Waals surface area contributed by atoms with Gasteiger partial charge in [-0.3, -0.25) is 9.78 Å². The molecule has 17 heavy (non-hydrogen) atoms. The minimum absolute atomic E-state index is 0.137. The quantitative estimate of drug-likeness (QED) is 0.756. The van der Waals surface area contributed by atoms with E-state index >= 15 is 0 Å². The fourth-order valence-electron chi connectivity index (χ4n) is 1.78. The summed E-state index contributed by atoms with van der Waals surface area (Å²) in [5, 5.41) is 1.01. The van der Waals surface area contributed by atoms with Crippen molar-refractivity contribution in [3.8, 4) is 0 Å². The van der Waals surface area contributed by atoms with Crippen LogP contribution in [0.2, 0.25) is 0 Å². The maximum absolute atomic E-state index is 11.9. The molecule has 88 valence electrons. The molecular formula is C14H16N2O. The fourth-order valence-corrected chi connectivity index (χ4v) is 1.78. The lowest BCUT2D eigenvalue weighted by Gasteiger charge is -2.08. The third kappa shape index (κ3) is 2.68. The van der Waals surface area contributed by atoms with Crippen LogP contribution >= 0.6 is 0 Å². The summed E-state index contributed by atoms with van der Waals surface area (Å²) < 4.78 is 0. The van der Waals surface area contributed by atoms with Crippen molar-refractivity contribution >= 4 is 16.7 Å². The van der Waals surface area contributed by atoms with E-state index in [4.69, 9.17) is 0 Å². The Morgan fingerprint density at radius 1 is 1.24 bits per heavy atom. The molecular weight excluding hydrogens is 212 g/mol. The molecule has 0 aliphatic rings. The Morgan fingerprint density at radius 3 is 2.71 bits per heavy atom. The van der Waals surface area contributed by atoms with Gasteiger partial charge < -0.3 is 4.90 Å². The molecule has 0 aliphatic carbocycles. The highest BCUT2D eigenvalue weighted by atomic mass is 16.1. The average Bonchev–Trinajstić information content (AvgIpc) is 2.27. The van der Waals surface area contributed by atoms with Gasteiger partial charge >= 0.3 is 0 Å². The third-order valence-corrected chi connectivity index (χ3v) is 2.61. The van der Waals surface area contributed by atoms with Gasteiger partial charge in [0.2, 0.25) is 0 Å². The van der Waals surface area contributed by atoms with Crippen molar-refractivity contribution in [2.45, 2.75) is 6.92 Å². The Kier molecular flexibility index (Phi) is 3.20. The molecule has 0 atom stereocenters. The highest BCUT2D eigenvalue weighted by molar-refractivity contribution is 6.00. The second-order valence-electron chi connectivity index (χ2n) is 4.52. The number of carbonyl (C=O) groups is 1. The standard InChI is InChI=1S/C14H16N2O/c1-10-4-5-11-8-12(6-7-13(11)15-10)14(17)9-16(2)3/h4-8H,9H2,1-3H3. The summed E-state index contributed by atoms with van der Waals surface area (Å²) in [5.74, 6) is 0.137. The molecule has 2 rings (SSSR count). The van der Waals surface area contributed by atoms with Crippen molar-refractivity contribution < 1.29 is 4.79 Å². The van der Waals surface area contributed by atoms with Crippen LogP contribution < -0.4 is 0 Å². The zero-order valence-electron chi connectivity index (χ0n) is 10.4. The number of rotatable bonds is 3. The first-order chi connectivity index (χ1) is 8.06. The first kappa shape index (κ1) is 11.7. The second-order valence-corrected chi connectivity index (χ2v) is 4.52. The number of hydrogen-bond donors (Lipinski definition) is 0. The van der Waals surface area contributed by atoms with Gasteiger partial charge in [-0.05, 0) is 45.3 Å². The summed E-state index contributed by atoms with van der Waals surface area (Å²) in [6.45, 7) is 2.40. The SMILES string of the molecule is Cc1ccc2cc(C(=O)CN(C)C)ccc2n1. The molecule has 1 aromatic heterocycles. The molecule has 0 saturated heterocycles. The number of nitrogens with zero attached hydrogens (tertiary/aromatic N) is 2. The number of hydrogen-bond acceptors (Lipinski definition) is 3. The van der Waals surface area contributed by atoms with E-state index < -0.39 is 0 Å².